The molecular weight excluding hydrogens is 371 g/mol. The van der Waals surface area contributed by atoms with Crippen molar-refractivity contribution in [3.8, 4) is 17.2 Å². The third-order valence-electron chi connectivity index (χ3n) is 4.11. The lowest BCUT2D eigenvalue weighted by Gasteiger charge is -2.17. The van der Waals surface area contributed by atoms with E-state index in [1.54, 1.807) is 49.4 Å². The number of ether oxygens (including phenoxy) is 2. The van der Waals surface area contributed by atoms with Crippen LogP contribution in [0.2, 0.25) is 0 Å². The molecule has 1 atom stereocenters. The van der Waals surface area contributed by atoms with Gasteiger partial charge in [0, 0.05) is 11.8 Å². The first-order chi connectivity index (χ1) is 14.0. The van der Waals surface area contributed by atoms with Gasteiger partial charge in [0.1, 0.15) is 29.1 Å². The highest BCUT2D eigenvalue weighted by molar-refractivity contribution is 5.97. The number of hydrogen-bond acceptors (Lipinski definition) is 4. The van der Waals surface area contributed by atoms with Crippen LogP contribution in [0, 0.1) is 5.82 Å². The van der Waals surface area contributed by atoms with Crippen LogP contribution in [0.1, 0.15) is 13.8 Å². The van der Waals surface area contributed by atoms with Crippen molar-refractivity contribution in [1.29, 1.82) is 0 Å². The molecule has 5 nitrogen and oxygen atoms in total. The van der Waals surface area contributed by atoms with Gasteiger partial charge in [0.05, 0.1) is 12.3 Å². The minimum absolute atomic E-state index is 0.183. The molecule has 6 heteroatoms. The van der Waals surface area contributed by atoms with Crippen LogP contribution in [-0.4, -0.2) is 18.6 Å². The molecule has 0 spiro atoms. The van der Waals surface area contributed by atoms with Crippen LogP contribution in [-0.2, 0) is 4.79 Å². The van der Waals surface area contributed by atoms with Gasteiger partial charge in [-0.05, 0) is 62.4 Å². The molecule has 0 bridgehead atoms. The summed E-state index contributed by atoms with van der Waals surface area (Å²) in [6.07, 6.45) is 0. The lowest BCUT2D eigenvalue weighted by Crippen LogP contribution is -2.32. The van der Waals surface area contributed by atoms with E-state index >= 15 is 0 Å². The Balaban J connectivity index is 1.59. The van der Waals surface area contributed by atoms with E-state index < -0.39 is 6.04 Å². The molecule has 29 heavy (non-hydrogen) atoms. The second-order valence-electron chi connectivity index (χ2n) is 6.37. The van der Waals surface area contributed by atoms with E-state index in [-0.39, 0.29) is 11.7 Å². The summed E-state index contributed by atoms with van der Waals surface area (Å²) in [4.78, 5) is 12.5. The van der Waals surface area contributed by atoms with E-state index in [4.69, 9.17) is 9.47 Å². The Morgan fingerprint density at radius 2 is 1.76 bits per heavy atom. The zero-order chi connectivity index (χ0) is 20.6. The average molecular weight is 394 g/mol. The first-order valence-corrected chi connectivity index (χ1v) is 9.38. The molecule has 150 valence electrons. The number of halogens is 1. The van der Waals surface area contributed by atoms with Gasteiger partial charge >= 0.3 is 0 Å². The SMILES string of the molecule is CCOc1ccccc1NC(=O)C(C)Nc1ccc(Oc2cccc(F)c2)cc1. The number of para-hydroxylation sites is 2. The van der Waals surface area contributed by atoms with E-state index in [1.807, 2.05) is 25.1 Å². The van der Waals surface area contributed by atoms with Gasteiger partial charge in [-0.2, -0.15) is 0 Å². The standard InChI is InChI=1S/C23H23FN2O3/c1-3-28-22-10-5-4-9-21(22)26-23(27)16(2)25-18-11-13-19(14-12-18)29-20-8-6-7-17(24)15-20/h4-16,25H,3H2,1-2H3,(H,26,27). The van der Waals surface area contributed by atoms with Crippen LogP contribution >= 0.6 is 0 Å². The molecule has 3 aromatic rings. The quantitative estimate of drug-likeness (QED) is 0.533. The summed E-state index contributed by atoms with van der Waals surface area (Å²) in [7, 11) is 0. The maximum absolute atomic E-state index is 13.2. The Bertz CT molecular complexity index is 960. The zero-order valence-electron chi connectivity index (χ0n) is 16.3. The molecule has 3 aromatic carbocycles. The number of rotatable bonds is 8. The molecule has 0 saturated carbocycles. The van der Waals surface area contributed by atoms with E-state index in [0.717, 1.165) is 5.69 Å². The van der Waals surface area contributed by atoms with Crippen molar-refractivity contribution < 1.29 is 18.7 Å². The number of carbonyl (C=O) groups is 1. The first kappa shape index (κ1) is 20.2. The van der Waals surface area contributed by atoms with Crippen LogP contribution in [0.25, 0.3) is 0 Å². The van der Waals surface area contributed by atoms with Gasteiger partial charge < -0.3 is 20.1 Å². The third-order valence-corrected chi connectivity index (χ3v) is 4.11. The highest BCUT2D eigenvalue weighted by atomic mass is 19.1. The predicted molar refractivity (Wildman–Crippen MR) is 112 cm³/mol. The molecule has 3 rings (SSSR count). The molecule has 0 fully saturated rings. The molecule has 2 N–H and O–H groups in total. The van der Waals surface area contributed by atoms with Crippen LogP contribution in [0.3, 0.4) is 0 Å². The molecule has 1 unspecified atom stereocenters. The molecule has 0 heterocycles. The van der Waals surface area contributed by atoms with Crippen molar-refractivity contribution >= 4 is 17.3 Å². The van der Waals surface area contributed by atoms with E-state index in [0.29, 0.717) is 29.5 Å². The first-order valence-electron chi connectivity index (χ1n) is 9.38. The fourth-order valence-electron chi connectivity index (χ4n) is 2.69. The Morgan fingerprint density at radius 1 is 1.00 bits per heavy atom. The molecule has 0 aliphatic heterocycles. The van der Waals surface area contributed by atoms with E-state index in [9.17, 15) is 9.18 Å². The highest BCUT2D eigenvalue weighted by Gasteiger charge is 2.15. The molecular formula is C23H23FN2O3. The number of nitrogens with one attached hydrogen (secondary N) is 2. The van der Waals surface area contributed by atoms with Crippen LogP contribution in [0.15, 0.2) is 72.8 Å². The Morgan fingerprint density at radius 3 is 2.48 bits per heavy atom. The zero-order valence-corrected chi connectivity index (χ0v) is 16.3. The van der Waals surface area contributed by atoms with Crippen molar-refractivity contribution in [2.75, 3.05) is 17.2 Å². The summed E-state index contributed by atoms with van der Waals surface area (Å²) < 4.78 is 24.4. The summed E-state index contributed by atoms with van der Waals surface area (Å²) in [6.45, 7) is 4.19. The van der Waals surface area contributed by atoms with E-state index in [1.165, 1.54) is 12.1 Å². The normalized spacial score (nSPS) is 11.4. The molecule has 1 amide bonds. The van der Waals surface area contributed by atoms with E-state index in [2.05, 4.69) is 10.6 Å². The van der Waals surface area contributed by atoms with Gasteiger partial charge in [-0.3, -0.25) is 4.79 Å². The monoisotopic (exact) mass is 394 g/mol. The summed E-state index contributed by atoms with van der Waals surface area (Å²) in [5.41, 5.74) is 1.39. The average Bonchev–Trinajstić information content (AvgIpc) is 2.71. The van der Waals surface area contributed by atoms with Crippen molar-refractivity contribution in [2.24, 2.45) is 0 Å². The van der Waals surface area contributed by atoms with Crippen molar-refractivity contribution in [1.82, 2.24) is 0 Å². The second-order valence-corrected chi connectivity index (χ2v) is 6.37. The topological polar surface area (TPSA) is 59.6 Å². The largest absolute Gasteiger partial charge is 0.492 e. The minimum atomic E-state index is -0.473. The number of carbonyl (C=O) groups excluding carboxylic acids is 1. The Kier molecular flexibility index (Phi) is 6.68. The number of hydrogen-bond donors (Lipinski definition) is 2. The minimum Gasteiger partial charge on any atom is -0.492 e. The molecule has 0 aliphatic rings. The van der Waals surface area contributed by atoms with Crippen molar-refractivity contribution in [2.45, 2.75) is 19.9 Å². The summed E-state index contributed by atoms with van der Waals surface area (Å²) in [6, 6.07) is 19.9. The second kappa shape index (κ2) is 9.59. The lowest BCUT2D eigenvalue weighted by molar-refractivity contribution is -0.116. The van der Waals surface area contributed by atoms with Crippen molar-refractivity contribution in [3.63, 3.8) is 0 Å². The van der Waals surface area contributed by atoms with Gasteiger partial charge in [-0.1, -0.05) is 18.2 Å². The Labute approximate surface area is 169 Å². The number of anilines is 2. The molecule has 0 aliphatic carbocycles. The van der Waals surface area contributed by atoms with Crippen LogP contribution in [0.5, 0.6) is 17.2 Å². The van der Waals surface area contributed by atoms with Gasteiger partial charge in [-0.25, -0.2) is 4.39 Å². The summed E-state index contributed by atoms with van der Waals surface area (Å²) >= 11 is 0. The molecule has 0 aromatic heterocycles. The highest BCUT2D eigenvalue weighted by Crippen LogP contribution is 2.25. The van der Waals surface area contributed by atoms with Crippen LogP contribution < -0.4 is 20.1 Å². The third kappa shape index (κ3) is 5.72. The lowest BCUT2D eigenvalue weighted by atomic mass is 10.2. The van der Waals surface area contributed by atoms with Gasteiger partial charge in [0.2, 0.25) is 5.91 Å². The molecule has 0 saturated heterocycles. The number of amides is 1. The Hall–Kier alpha value is -3.54. The maximum atomic E-state index is 13.2. The van der Waals surface area contributed by atoms with Gasteiger partial charge in [-0.15, -0.1) is 0 Å². The van der Waals surface area contributed by atoms with Crippen LogP contribution in [0.4, 0.5) is 15.8 Å². The predicted octanol–water partition coefficient (Wildman–Crippen LogP) is 5.46. The molecule has 0 radical (unpaired) electrons. The van der Waals surface area contributed by atoms with Gasteiger partial charge in [0.15, 0.2) is 0 Å². The number of benzene rings is 3. The summed E-state index contributed by atoms with van der Waals surface area (Å²) in [5.74, 6) is 1.09. The smallest absolute Gasteiger partial charge is 0.246 e. The maximum Gasteiger partial charge on any atom is 0.246 e. The van der Waals surface area contributed by atoms with Gasteiger partial charge in [0.25, 0.3) is 0 Å². The fourth-order valence-corrected chi connectivity index (χ4v) is 2.69. The van der Waals surface area contributed by atoms with Crippen molar-refractivity contribution in [3.05, 3.63) is 78.6 Å². The summed E-state index contributed by atoms with van der Waals surface area (Å²) in [5, 5.41) is 6.02. The fraction of sp³-hybridized carbons (Fsp3) is 0.174.